The van der Waals surface area contributed by atoms with Crippen LogP contribution in [0.15, 0.2) is 47.0 Å². The molecule has 250 valence electrons. The lowest BCUT2D eigenvalue weighted by Crippen LogP contribution is -2.45. The van der Waals surface area contributed by atoms with Gasteiger partial charge in [0.05, 0.1) is 28.7 Å². The molecule has 16 heteroatoms. The summed E-state index contributed by atoms with van der Waals surface area (Å²) < 4.78 is 87.5. The van der Waals surface area contributed by atoms with E-state index in [4.69, 9.17) is 18.8 Å². The van der Waals surface area contributed by atoms with Crippen molar-refractivity contribution in [2.45, 2.75) is 75.6 Å². The molecular formula is C31H31F3N4O7S2. The predicted octanol–water partition coefficient (Wildman–Crippen LogP) is 6.06. The number of halogens is 3. The van der Waals surface area contributed by atoms with Crippen molar-refractivity contribution >= 4 is 42.7 Å². The van der Waals surface area contributed by atoms with Crippen LogP contribution in [0.2, 0.25) is 0 Å². The Morgan fingerprint density at radius 1 is 1.11 bits per heavy atom. The molecule has 1 aliphatic carbocycles. The molecule has 0 radical (unpaired) electrons. The molecule has 7 rings (SSSR count). The number of anilines is 1. The summed E-state index contributed by atoms with van der Waals surface area (Å²) in [4.78, 5) is 19.7. The number of carbonyl (C=O) groups excluding carboxylic acids is 1. The van der Waals surface area contributed by atoms with Gasteiger partial charge in [0.2, 0.25) is 0 Å². The summed E-state index contributed by atoms with van der Waals surface area (Å²) in [5, 5.41) is 7.54. The molecule has 2 aromatic carbocycles. The number of thiazole rings is 1. The van der Waals surface area contributed by atoms with Crippen molar-refractivity contribution in [2.75, 3.05) is 17.2 Å². The van der Waals surface area contributed by atoms with E-state index in [1.165, 1.54) is 29.5 Å². The van der Waals surface area contributed by atoms with Gasteiger partial charge >= 0.3 is 6.36 Å². The average Bonchev–Trinajstić information content (AvgIpc) is 3.52. The molecule has 47 heavy (non-hydrogen) atoms. The number of nitrogens with one attached hydrogen (secondary N) is 1. The molecule has 3 aliphatic rings. The van der Waals surface area contributed by atoms with E-state index in [1.54, 1.807) is 24.3 Å². The lowest BCUT2D eigenvalue weighted by molar-refractivity contribution is -0.274. The van der Waals surface area contributed by atoms with Crippen LogP contribution in [0, 0.1) is 0 Å². The van der Waals surface area contributed by atoms with Crippen molar-refractivity contribution in [2.24, 2.45) is 0 Å². The zero-order valence-electron chi connectivity index (χ0n) is 24.9. The lowest BCUT2D eigenvalue weighted by Gasteiger charge is -2.38. The number of benzene rings is 2. The number of hydrogen-bond donors (Lipinski definition) is 2. The van der Waals surface area contributed by atoms with Crippen LogP contribution in [-0.4, -0.2) is 65.9 Å². The highest BCUT2D eigenvalue weighted by molar-refractivity contribution is 7.85. The molecule has 3 fully saturated rings. The molecule has 1 amide bonds. The summed E-state index contributed by atoms with van der Waals surface area (Å²) in [6.45, 7) is -0.0462. The zero-order valence-corrected chi connectivity index (χ0v) is 26.5. The molecule has 0 spiro atoms. The molecule has 4 aromatic rings. The van der Waals surface area contributed by atoms with Gasteiger partial charge in [0.25, 0.3) is 16.0 Å². The Labute approximate surface area is 271 Å². The Bertz CT molecular complexity index is 1890. The van der Waals surface area contributed by atoms with Gasteiger partial charge in [-0.2, -0.15) is 8.42 Å². The van der Waals surface area contributed by atoms with Crippen molar-refractivity contribution in [1.29, 1.82) is 0 Å². The van der Waals surface area contributed by atoms with Gasteiger partial charge in [-0.05, 0) is 68.9 Å². The third-order valence-electron chi connectivity index (χ3n) is 8.79. The minimum absolute atomic E-state index is 0.0763. The van der Waals surface area contributed by atoms with Gasteiger partial charge in [-0.25, -0.2) is 4.98 Å². The summed E-state index contributed by atoms with van der Waals surface area (Å²) in [6.07, 6.45) is 0.360. The molecule has 1 saturated carbocycles. The molecule has 4 heterocycles. The number of para-hydroxylation sites is 1. The van der Waals surface area contributed by atoms with Crippen molar-refractivity contribution in [1.82, 2.24) is 15.5 Å². The lowest BCUT2D eigenvalue weighted by atomic mass is 10.00. The number of fused-ring (bicyclic) bond motifs is 3. The predicted molar refractivity (Wildman–Crippen MR) is 166 cm³/mol. The van der Waals surface area contributed by atoms with Gasteiger partial charge in [-0.3, -0.25) is 9.35 Å². The summed E-state index contributed by atoms with van der Waals surface area (Å²) >= 11 is 1.49. The summed E-state index contributed by atoms with van der Waals surface area (Å²) in [7, 11) is -4.18. The smallest absolute Gasteiger partial charge is 0.405 e. The number of nitrogens with zero attached hydrogens (tertiary/aromatic N) is 3. The summed E-state index contributed by atoms with van der Waals surface area (Å²) in [5.74, 6) is -0.528. The van der Waals surface area contributed by atoms with Gasteiger partial charge in [-0.15, -0.1) is 13.2 Å². The summed E-state index contributed by atoms with van der Waals surface area (Å²) in [6, 6.07) is 11.4. The van der Waals surface area contributed by atoms with Gasteiger partial charge in [0.15, 0.2) is 5.13 Å². The largest absolute Gasteiger partial charge is 0.573 e. The number of aromatic nitrogens is 2. The first kappa shape index (κ1) is 31.8. The van der Waals surface area contributed by atoms with Crippen molar-refractivity contribution in [3.63, 3.8) is 0 Å². The van der Waals surface area contributed by atoms with Gasteiger partial charge in [-0.1, -0.05) is 28.6 Å². The minimum Gasteiger partial charge on any atom is -0.405 e. The monoisotopic (exact) mass is 692 g/mol. The summed E-state index contributed by atoms with van der Waals surface area (Å²) in [5.41, 5.74) is 2.27. The van der Waals surface area contributed by atoms with E-state index in [0.717, 1.165) is 53.9 Å². The van der Waals surface area contributed by atoms with E-state index < -0.39 is 28.1 Å². The quantitative estimate of drug-likeness (QED) is 0.178. The third kappa shape index (κ3) is 7.10. The van der Waals surface area contributed by atoms with E-state index in [2.05, 4.69) is 20.1 Å². The second-order valence-electron chi connectivity index (χ2n) is 12.1. The van der Waals surface area contributed by atoms with Crippen molar-refractivity contribution in [3.05, 3.63) is 59.4 Å². The molecule has 2 aromatic heterocycles. The number of hydrogen-bond acceptors (Lipinski definition) is 10. The molecule has 11 nitrogen and oxygen atoms in total. The van der Waals surface area contributed by atoms with Gasteiger partial charge < -0.3 is 24.2 Å². The topological polar surface area (TPSA) is 144 Å². The fourth-order valence-electron chi connectivity index (χ4n) is 6.55. The number of rotatable bonds is 11. The highest BCUT2D eigenvalue weighted by atomic mass is 32.2. The molecule has 0 unspecified atom stereocenters. The molecule has 2 saturated heterocycles. The van der Waals surface area contributed by atoms with Gasteiger partial charge in [0.1, 0.15) is 17.2 Å². The maximum Gasteiger partial charge on any atom is 0.573 e. The minimum atomic E-state index is -4.85. The Hall–Kier alpha value is -3.73. The Morgan fingerprint density at radius 2 is 1.85 bits per heavy atom. The van der Waals surface area contributed by atoms with Crippen LogP contribution in [0.5, 0.6) is 5.75 Å². The van der Waals surface area contributed by atoms with E-state index in [0.29, 0.717) is 22.6 Å². The first-order valence-corrected chi connectivity index (χ1v) is 17.7. The normalized spacial score (nSPS) is 21.4. The third-order valence-corrected chi connectivity index (χ3v) is 10.5. The second kappa shape index (κ2) is 12.4. The van der Waals surface area contributed by atoms with E-state index in [9.17, 15) is 26.4 Å². The van der Waals surface area contributed by atoms with Crippen molar-refractivity contribution in [3.8, 4) is 17.0 Å². The molecule has 3 atom stereocenters. The first-order chi connectivity index (χ1) is 22.4. The standard InChI is InChI=1S/C31H31F3N4O7S2/c32-31(33,34)44-25-4-2-1-3-22(25)27-23(28(45-37-27)17-5-6-17)16-43-21-14-19-8-9-20(15-21)38(19)30-36-24-10-7-18(13-26(24)46-30)29(39)35-11-12-47(40,41)42/h1-4,7,10,13,17,19-21H,5-6,8-9,11-12,14-16H2,(H,35,39)(H,40,41,42)/t19-,20+,21+. The molecule has 2 bridgehead atoms. The number of amides is 1. The number of ether oxygens (including phenoxy) is 2. The van der Waals surface area contributed by atoms with Gasteiger partial charge in [0, 0.05) is 41.2 Å². The van der Waals surface area contributed by atoms with E-state index >= 15 is 0 Å². The highest BCUT2D eigenvalue weighted by Gasteiger charge is 2.43. The fourth-order valence-corrected chi connectivity index (χ4v) is 8.06. The van der Waals surface area contributed by atoms with Crippen LogP contribution in [0.25, 0.3) is 21.5 Å². The number of alkyl halides is 3. The maximum atomic E-state index is 13.2. The Balaban J connectivity index is 1.04. The Kier molecular flexibility index (Phi) is 8.39. The molecular weight excluding hydrogens is 661 g/mol. The van der Waals surface area contributed by atoms with Crippen LogP contribution in [0.3, 0.4) is 0 Å². The number of piperidine rings is 1. The average molecular weight is 693 g/mol. The van der Waals surface area contributed by atoms with Crippen LogP contribution < -0.4 is 15.0 Å². The molecule has 2 aliphatic heterocycles. The first-order valence-electron chi connectivity index (χ1n) is 15.3. The van der Waals surface area contributed by atoms with Crippen LogP contribution in [0.1, 0.15) is 66.1 Å². The SMILES string of the molecule is O=C(NCCS(=O)(=O)O)c1ccc2nc(N3[C@@H]4CC[C@H]3C[C@@H](OCc3c(-c5ccccc5OC(F)(F)F)noc3C3CC3)C4)sc2c1. The van der Waals surface area contributed by atoms with Crippen molar-refractivity contribution < 1.29 is 44.9 Å². The van der Waals surface area contributed by atoms with E-state index in [1.807, 2.05) is 0 Å². The molecule has 2 N–H and O–H groups in total. The van der Waals surface area contributed by atoms with Crippen LogP contribution in [-0.2, 0) is 21.5 Å². The maximum absolute atomic E-state index is 13.2. The second-order valence-corrected chi connectivity index (χ2v) is 14.7. The van der Waals surface area contributed by atoms with E-state index in [-0.39, 0.29) is 48.6 Å². The van der Waals surface area contributed by atoms with Crippen LogP contribution in [0.4, 0.5) is 18.3 Å². The Morgan fingerprint density at radius 3 is 2.55 bits per heavy atom. The van der Waals surface area contributed by atoms with Crippen LogP contribution >= 0.6 is 11.3 Å². The number of carbonyl (C=O) groups is 1. The fraction of sp³-hybridized carbons (Fsp3) is 0.452. The highest BCUT2D eigenvalue weighted by Crippen LogP contribution is 2.47. The zero-order chi connectivity index (χ0) is 32.9.